The molecule has 0 saturated carbocycles. The van der Waals surface area contributed by atoms with Crippen molar-refractivity contribution in [2.24, 2.45) is 0 Å². The lowest BCUT2D eigenvalue weighted by Gasteiger charge is -2.32. The average molecular weight is 345 g/mol. The first-order valence-electron chi connectivity index (χ1n) is 8.41. The van der Waals surface area contributed by atoms with Gasteiger partial charge in [-0.25, -0.2) is 15.0 Å². The van der Waals surface area contributed by atoms with Gasteiger partial charge in [0.05, 0.1) is 12.2 Å². The number of nitrogens with zero attached hydrogens (tertiary/aromatic N) is 4. The molecule has 3 rings (SSSR count). The highest BCUT2D eigenvalue weighted by atomic mass is 32.1. The minimum Gasteiger partial charge on any atom is -0.350 e. The number of hydrogen-bond acceptors (Lipinski definition) is 6. The number of nitrogens with one attached hydrogen (secondary N) is 1. The van der Waals surface area contributed by atoms with Gasteiger partial charge in [0.2, 0.25) is 5.91 Å². The fourth-order valence-corrected chi connectivity index (χ4v) is 3.75. The number of piperidine rings is 1. The maximum absolute atomic E-state index is 12.1. The summed E-state index contributed by atoms with van der Waals surface area (Å²) in [4.78, 5) is 27.3. The van der Waals surface area contributed by atoms with Crippen molar-refractivity contribution in [3.05, 3.63) is 29.5 Å². The Hall–Kier alpha value is -1.86. The van der Waals surface area contributed by atoms with E-state index in [4.69, 9.17) is 0 Å². The molecule has 1 aliphatic heterocycles. The second-order valence-electron chi connectivity index (χ2n) is 6.16. The van der Waals surface area contributed by atoms with Gasteiger partial charge in [-0.1, -0.05) is 6.42 Å². The van der Waals surface area contributed by atoms with E-state index in [0.717, 1.165) is 23.7 Å². The molecule has 7 heteroatoms. The van der Waals surface area contributed by atoms with Gasteiger partial charge in [-0.15, -0.1) is 11.3 Å². The van der Waals surface area contributed by atoms with Crippen LogP contribution in [0.25, 0.3) is 10.8 Å². The molecule has 2 aromatic heterocycles. The van der Waals surface area contributed by atoms with E-state index < -0.39 is 0 Å². The van der Waals surface area contributed by atoms with Crippen LogP contribution in [0, 0.1) is 0 Å². The molecule has 1 fully saturated rings. The predicted molar refractivity (Wildman–Crippen MR) is 94.5 cm³/mol. The average Bonchev–Trinajstić information content (AvgIpc) is 3.09. The number of likely N-dealkylation sites (tertiary alicyclic amines) is 1. The second kappa shape index (κ2) is 8.30. The molecular formula is C17H23N5OS. The van der Waals surface area contributed by atoms with Crippen molar-refractivity contribution in [3.8, 4) is 10.8 Å². The van der Waals surface area contributed by atoms with Gasteiger partial charge in [0.1, 0.15) is 0 Å². The normalized spacial score (nSPS) is 18.5. The van der Waals surface area contributed by atoms with E-state index in [0.29, 0.717) is 24.8 Å². The van der Waals surface area contributed by atoms with Crippen molar-refractivity contribution in [1.29, 1.82) is 0 Å². The summed E-state index contributed by atoms with van der Waals surface area (Å²) < 4.78 is 0. The third kappa shape index (κ3) is 4.58. The summed E-state index contributed by atoms with van der Waals surface area (Å²) in [5.74, 6) is 0.722. The Balaban J connectivity index is 1.44. The monoisotopic (exact) mass is 345 g/mol. The van der Waals surface area contributed by atoms with Crippen LogP contribution in [-0.2, 0) is 11.3 Å². The summed E-state index contributed by atoms with van der Waals surface area (Å²) in [6.45, 7) is 1.61. The van der Waals surface area contributed by atoms with Crippen LogP contribution >= 0.6 is 11.3 Å². The Kier molecular flexibility index (Phi) is 5.87. The number of rotatable bonds is 6. The molecule has 2 aromatic rings. The molecule has 0 unspecified atom stereocenters. The number of aromatic nitrogens is 3. The van der Waals surface area contributed by atoms with E-state index in [1.54, 1.807) is 18.5 Å². The Morgan fingerprint density at radius 1 is 1.38 bits per heavy atom. The second-order valence-corrected chi connectivity index (χ2v) is 7.02. The van der Waals surface area contributed by atoms with Gasteiger partial charge < -0.3 is 10.2 Å². The largest absolute Gasteiger partial charge is 0.350 e. The van der Waals surface area contributed by atoms with Crippen molar-refractivity contribution in [3.63, 3.8) is 0 Å². The summed E-state index contributed by atoms with van der Waals surface area (Å²) in [5.41, 5.74) is 0.852. The van der Waals surface area contributed by atoms with E-state index in [9.17, 15) is 4.79 Å². The van der Waals surface area contributed by atoms with E-state index in [-0.39, 0.29) is 5.91 Å². The molecule has 128 valence electrons. The minimum absolute atomic E-state index is 0.0967. The van der Waals surface area contributed by atoms with Gasteiger partial charge in [-0.05, 0) is 38.9 Å². The number of carbonyl (C=O) groups is 1. The van der Waals surface area contributed by atoms with Crippen LogP contribution in [0.4, 0.5) is 0 Å². The minimum atomic E-state index is 0.0967. The Bertz CT molecular complexity index is 660. The standard InChI is InChI=1S/C17H23N5OS/c1-22-10-3-2-5-14(22)6-7-15(23)20-11-13-12-24-17(21-13)16-18-8-4-9-19-16/h4,8-9,12,14H,2-3,5-7,10-11H2,1H3,(H,20,23)/t14-/m1/s1. The first kappa shape index (κ1) is 17.0. The summed E-state index contributed by atoms with van der Waals surface area (Å²) in [6, 6.07) is 2.33. The highest BCUT2D eigenvalue weighted by molar-refractivity contribution is 7.13. The van der Waals surface area contributed by atoms with Gasteiger partial charge in [-0.2, -0.15) is 0 Å². The highest BCUT2D eigenvalue weighted by Crippen LogP contribution is 2.20. The molecule has 3 heterocycles. The molecule has 1 atom stereocenters. The molecule has 0 spiro atoms. The zero-order chi connectivity index (χ0) is 16.8. The Morgan fingerprint density at radius 3 is 3.00 bits per heavy atom. The van der Waals surface area contributed by atoms with Gasteiger partial charge in [0.25, 0.3) is 0 Å². The third-order valence-electron chi connectivity index (χ3n) is 4.40. The smallest absolute Gasteiger partial charge is 0.220 e. The lowest BCUT2D eigenvalue weighted by molar-refractivity contribution is -0.121. The number of thiazole rings is 1. The van der Waals surface area contributed by atoms with Gasteiger partial charge >= 0.3 is 0 Å². The Morgan fingerprint density at radius 2 is 2.21 bits per heavy atom. The van der Waals surface area contributed by atoms with Crippen LogP contribution in [0.5, 0.6) is 0 Å². The van der Waals surface area contributed by atoms with Crippen molar-refractivity contribution in [1.82, 2.24) is 25.2 Å². The number of hydrogen-bond donors (Lipinski definition) is 1. The fourth-order valence-electron chi connectivity index (χ4n) is 2.98. The van der Waals surface area contributed by atoms with Crippen molar-refractivity contribution >= 4 is 17.2 Å². The molecule has 0 bridgehead atoms. The van der Waals surface area contributed by atoms with Crippen LogP contribution in [0.15, 0.2) is 23.8 Å². The SMILES string of the molecule is CN1CCCC[C@@H]1CCC(=O)NCc1csc(-c2ncccn2)n1. The van der Waals surface area contributed by atoms with Crippen LogP contribution in [0.3, 0.4) is 0 Å². The van der Waals surface area contributed by atoms with Crippen LogP contribution in [0.2, 0.25) is 0 Å². The van der Waals surface area contributed by atoms with E-state index >= 15 is 0 Å². The van der Waals surface area contributed by atoms with Crippen molar-refractivity contribution < 1.29 is 4.79 Å². The first-order chi connectivity index (χ1) is 11.7. The van der Waals surface area contributed by atoms with E-state index in [1.165, 1.54) is 30.6 Å². The summed E-state index contributed by atoms with van der Waals surface area (Å²) in [7, 11) is 2.16. The van der Waals surface area contributed by atoms with Gasteiger partial charge in [-0.3, -0.25) is 4.79 Å². The summed E-state index contributed by atoms with van der Waals surface area (Å²) >= 11 is 1.50. The molecule has 1 saturated heterocycles. The summed E-state index contributed by atoms with van der Waals surface area (Å²) in [5, 5.41) is 5.69. The van der Waals surface area contributed by atoms with Crippen molar-refractivity contribution in [2.45, 2.75) is 44.7 Å². The molecular weight excluding hydrogens is 322 g/mol. The van der Waals surface area contributed by atoms with Crippen LogP contribution in [0.1, 0.15) is 37.8 Å². The van der Waals surface area contributed by atoms with Crippen LogP contribution in [-0.4, -0.2) is 45.4 Å². The molecule has 0 radical (unpaired) electrons. The highest BCUT2D eigenvalue weighted by Gasteiger charge is 2.19. The van der Waals surface area contributed by atoms with Crippen molar-refractivity contribution in [2.75, 3.05) is 13.6 Å². The first-order valence-corrected chi connectivity index (χ1v) is 9.29. The molecule has 0 aliphatic carbocycles. The molecule has 0 aromatic carbocycles. The zero-order valence-electron chi connectivity index (χ0n) is 13.9. The third-order valence-corrected chi connectivity index (χ3v) is 5.29. The topological polar surface area (TPSA) is 71.0 Å². The Labute approximate surface area is 146 Å². The maximum Gasteiger partial charge on any atom is 0.220 e. The zero-order valence-corrected chi connectivity index (χ0v) is 14.8. The quantitative estimate of drug-likeness (QED) is 0.871. The lowest BCUT2D eigenvalue weighted by atomic mass is 9.98. The van der Waals surface area contributed by atoms with Crippen LogP contribution < -0.4 is 5.32 Å². The maximum atomic E-state index is 12.1. The molecule has 1 aliphatic rings. The number of amides is 1. The van der Waals surface area contributed by atoms with E-state index in [1.807, 2.05) is 5.38 Å². The number of carbonyl (C=O) groups excluding carboxylic acids is 1. The molecule has 1 N–H and O–H groups in total. The lowest BCUT2D eigenvalue weighted by Crippen LogP contribution is -2.37. The molecule has 1 amide bonds. The molecule has 24 heavy (non-hydrogen) atoms. The predicted octanol–water partition coefficient (Wildman–Crippen LogP) is 2.48. The fraction of sp³-hybridized carbons (Fsp3) is 0.529. The molecule has 6 nitrogen and oxygen atoms in total. The van der Waals surface area contributed by atoms with Gasteiger partial charge in [0, 0.05) is 30.2 Å². The summed E-state index contributed by atoms with van der Waals surface area (Å²) in [6.07, 6.45) is 8.67. The van der Waals surface area contributed by atoms with Gasteiger partial charge in [0.15, 0.2) is 10.8 Å². The van der Waals surface area contributed by atoms with E-state index in [2.05, 4.69) is 32.2 Å².